The Morgan fingerprint density at radius 2 is 1.93 bits per heavy atom. The van der Waals surface area contributed by atoms with Crippen molar-refractivity contribution in [1.29, 1.82) is 0 Å². The van der Waals surface area contributed by atoms with E-state index in [0.29, 0.717) is 23.6 Å². The van der Waals surface area contributed by atoms with E-state index in [2.05, 4.69) is 15.4 Å². The van der Waals surface area contributed by atoms with Crippen LogP contribution in [0.1, 0.15) is 21.6 Å². The molecule has 7 heteroatoms. The second-order valence-electron chi connectivity index (χ2n) is 7.11. The molecular weight excluding hydrogens is 381 g/mol. The summed E-state index contributed by atoms with van der Waals surface area (Å²) in [5, 5.41) is 7.68. The topological polar surface area (TPSA) is 63.1 Å². The van der Waals surface area contributed by atoms with Gasteiger partial charge in [0.1, 0.15) is 11.6 Å². The number of aryl methyl sites for hydroxylation is 1. The third kappa shape index (κ3) is 3.10. The van der Waals surface area contributed by atoms with Gasteiger partial charge in [0.05, 0.1) is 34.9 Å². The van der Waals surface area contributed by atoms with Crippen LogP contribution in [0.25, 0.3) is 5.69 Å². The molecule has 0 fully saturated rings. The van der Waals surface area contributed by atoms with Crippen molar-refractivity contribution >= 4 is 23.1 Å². The minimum atomic E-state index is -0.429. The van der Waals surface area contributed by atoms with Crippen LogP contribution in [0.5, 0.6) is 0 Å². The third-order valence-electron chi connectivity index (χ3n) is 5.07. The minimum Gasteiger partial charge on any atom is -0.338 e. The standard InChI is InChI=1S/C23H18FN5O/c1-15-10-12-29(27-15)21-13-17(24)8-9-18(21)23(30)28-14-16-5-4-11-25-22(16)26-19-6-2-3-7-20(19)28/h2-13H,14H2,1H3,(H,25,26). The first-order chi connectivity index (χ1) is 14.6. The maximum Gasteiger partial charge on any atom is 0.260 e. The molecule has 30 heavy (non-hydrogen) atoms. The number of nitrogens with one attached hydrogen (secondary N) is 1. The Hall–Kier alpha value is -4.00. The van der Waals surface area contributed by atoms with Crippen LogP contribution in [-0.2, 0) is 6.54 Å². The summed E-state index contributed by atoms with van der Waals surface area (Å²) in [6, 6.07) is 17.3. The highest BCUT2D eigenvalue weighted by Gasteiger charge is 2.27. The summed E-state index contributed by atoms with van der Waals surface area (Å²) in [5.74, 6) is 0.0357. The minimum absolute atomic E-state index is 0.246. The van der Waals surface area contributed by atoms with E-state index in [4.69, 9.17) is 0 Å². The monoisotopic (exact) mass is 399 g/mol. The Morgan fingerprint density at radius 1 is 1.07 bits per heavy atom. The molecule has 0 bridgehead atoms. The van der Waals surface area contributed by atoms with Gasteiger partial charge in [0.15, 0.2) is 0 Å². The number of halogens is 1. The number of hydrogen-bond acceptors (Lipinski definition) is 4. The molecule has 2 aromatic carbocycles. The summed E-state index contributed by atoms with van der Waals surface area (Å²) >= 11 is 0. The number of pyridine rings is 1. The molecule has 3 heterocycles. The normalized spacial score (nSPS) is 12.5. The lowest BCUT2D eigenvalue weighted by Gasteiger charge is -2.24. The van der Waals surface area contributed by atoms with Crippen molar-refractivity contribution in [3.63, 3.8) is 0 Å². The van der Waals surface area contributed by atoms with Gasteiger partial charge in [-0.3, -0.25) is 4.79 Å². The SMILES string of the molecule is Cc1ccn(-c2cc(F)ccc2C(=O)N2Cc3cccnc3Nc3ccccc32)n1. The molecule has 0 radical (unpaired) electrons. The molecule has 0 atom stereocenters. The molecule has 0 spiro atoms. The fraction of sp³-hybridized carbons (Fsp3) is 0.0870. The van der Waals surface area contributed by atoms with Gasteiger partial charge in [0.25, 0.3) is 5.91 Å². The van der Waals surface area contributed by atoms with Crippen molar-refractivity contribution in [1.82, 2.24) is 14.8 Å². The van der Waals surface area contributed by atoms with Gasteiger partial charge in [-0.15, -0.1) is 0 Å². The summed E-state index contributed by atoms with van der Waals surface area (Å²) in [4.78, 5) is 19.8. The van der Waals surface area contributed by atoms with Gasteiger partial charge in [-0.1, -0.05) is 18.2 Å². The summed E-state index contributed by atoms with van der Waals surface area (Å²) in [6.45, 7) is 2.18. The zero-order chi connectivity index (χ0) is 20.7. The van der Waals surface area contributed by atoms with Crippen LogP contribution in [0.15, 0.2) is 73.1 Å². The number of aromatic nitrogens is 3. The van der Waals surface area contributed by atoms with E-state index >= 15 is 0 Å². The molecule has 1 aliphatic rings. The van der Waals surface area contributed by atoms with Crippen molar-refractivity contribution < 1.29 is 9.18 Å². The summed E-state index contributed by atoms with van der Waals surface area (Å²) in [5.41, 5.74) is 3.94. The number of benzene rings is 2. The van der Waals surface area contributed by atoms with E-state index in [1.807, 2.05) is 49.4 Å². The van der Waals surface area contributed by atoms with Crippen LogP contribution in [0.4, 0.5) is 21.6 Å². The van der Waals surface area contributed by atoms with Gasteiger partial charge in [-0.05, 0) is 43.3 Å². The molecule has 5 rings (SSSR count). The van der Waals surface area contributed by atoms with E-state index in [0.717, 1.165) is 22.6 Å². The fourth-order valence-corrected chi connectivity index (χ4v) is 3.63. The maximum absolute atomic E-state index is 14.1. The molecule has 2 aromatic heterocycles. The second-order valence-corrected chi connectivity index (χ2v) is 7.11. The van der Waals surface area contributed by atoms with E-state index in [1.165, 1.54) is 22.9 Å². The lowest BCUT2D eigenvalue weighted by atomic mass is 10.1. The number of fused-ring (bicyclic) bond motifs is 2. The van der Waals surface area contributed by atoms with Crippen molar-refractivity contribution in [2.75, 3.05) is 10.2 Å². The number of carbonyl (C=O) groups excluding carboxylic acids is 1. The van der Waals surface area contributed by atoms with E-state index in [9.17, 15) is 9.18 Å². The first kappa shape index (κ1) is 18.1. The van der Waals surface area contributed by atoms with E-state index in [-0.39, 0.29) is 5.91 Å². The predicted octanol–water partition coefficient (Wildman–Crippen LogP) is 4.62. The Labute approximate surface area is 172 Å². The molecule has 148 valence electrons. The van der Waals surface area contributed by atoms with Crippen molar-refractivity contribution in [3.8, 4) is 5.69 Å². The lowest BCUT2D eigenvalue weighted by molar-refractivity contribution is 0.0985. The van der Waals surface area contributed by atoms with Gasteiger partial charge in [0, 0.05) is 24.0 Å². The Kier molecular flexibility index (Phi) is 4.28. The molecule has 0 saturated heterocycles. The molecular formula is C23H18FN5O. The van der Waals surface area contributed by atoms with Crippen molar-refractivity contribution in [2.45, 2.75) is 13.5 Å². The van der Waals surface area contributed by atoms with Crippen LogP contribution < -0.4 is 10.2 Å². The number of para-hydroxylation sites is 2. The third-order valence-corrected chi connectivity index (χ3v) is 5.07. The molecule has 0 aliphatic carbocycles. The van der Waals surface area contributed by atoms with Gasteiger partial charge in [-0.2, -0.15) is 5.10 Å². The Bertz CT molecular complexity index is 1270. The number of hydrogen-bond donors (Lipinski definition) is 1. The fourth-order valence-electron chi connectivity index (χ4n) is 3.63. The van der Waals surface area contributed by atoms with Crippen LogP contribution >= 0.6 is 0 Å². The average Bonchev–Trinajstić information content (AvgIpc) is 3.11. The molecule has 0 unspecified atom stereocenters. The summed E-state index contributed by atoms with van der Waals surface area (Å²) < 4.78 is 15.6. The average molecular weight is 399 g/mol. The van der Waals surface area contributed by atoms with Crippen LogP contribution in [0.3, 0.4) is 0 Å². The quantitative estimate of drug-likeness (QED) is 0.534. The molecule has 1 aliphatic heterocycles. The van der Waals surface area contributed by atoms with Gasteiger partial charge >= 0.3 is 0 Å². The number of nitrogens with zero attached hydrogens (tertiary/aromatic N) is 4. The highest BCUT2D eigenvalue weighted by Crippen LogP contribution is 2.36. The highest BCUT2D eigenvalue weighted by molar-refractivity contribution is 6.10. The van der Waals surface area contributed by atoms with E-state index in [1.54, 1.807) is 17.3 Å². The smallest absolute Gasteiger partial charge is 0.260 e. The molecule has 4 aromatic rings. The maximum atomic E-state index is 14.1. The largest absolute Gasteiger partial charge is 0.338 e. The number of rotatable bonds is 2. The number of anilines is 3. The lowest BCUT2D eigenvalue weighted by Crippen LogP contribution is -2.31. The molecule has 1 amide bonds. The van der Waals surface area contributed by atoms with E-state index < -0.39 is 5.82 Å². The predicted molar refractivity (Wildman–Crippen MR) is 113 cm³/mol. The Balaban J connectivity index is 1.65. The first-order valence-corrected chi connectivity index (χ1v) is 9.54. The number of amides is 1. The molecule has 1 N–H and O–H groups in total. The first-order valence-electron chi connectivity index (χ1n) is 9.54. The van der Waals surface area contributed by atoms with Gasteiger partial charge < -0.3 is 10.2 Å². The number of carbonyl (C=O) groups is 1. The van der Waals surface area contributed by atoms with Gasteiger partial charge in [-0.25, -0.2) is 14.1 Å². The summed E-state index contributed by atoms with van der Waals surface area (Å²) in [7, 11) is 0. The Morgan fingerprint density at radius 3 is 2.77 bits per heavy atom. The van der Waals surface area contributed by atoms with Crippen molar-refractivity contribution in [2.24, 2.45) is 0 Å². The van der Waals surface area contributed by atoms with Crippen molar-refractivity contribution in [3.05, 3.63) is 95.7 Å². The summed E-state index contributed by atoms with van der Waals surface area (Å²) in [6.07, 6.45) is 3.43. The molecule has 6 nitrogen and oxygen atoms in total. The zero-order valence-electron chi connectivity index (χ0n) is 16.2. The van der Waals surface area contributed by atoms with Crippen LogP contribution in [0, 0.1) is 12.7 Å². The van der Waals surface area contributed by atoms with Gasteiger partial charge in [0.2, 0.25) is 0 Å². The highest BCUT2D eigenvalue weighted by atomic mass is 19.1. The van der Waals surface area contributed by atoms with Crippen LogP contribution in [-0.4, -0.2) is 20.7 Å². The molecule has 0 saturated carbocycles. The second kappa shape index (κ2) is 7.11. The zero-order valence-corrected chi connectivity index (χ0v) is 16.2. The van der Waals surface area contributed by atoms with Crippen LogP contribution in [0.2, 0.25) is 0 Å².